The molecule has 0 aliphatic rings. The summed E-state index contributed by atoms with van der Waals surface area (Å²) in [5, 5.41) is 2.87. The maximum absolute atomic E-state index is 12.0. The fourth-order valence-corrected chi connectivity index (χ4v) is 2.73. The summed E-state index contributed by atoms with van der Waals surface area (Å²) in [5.41, 5.74) is 2.94. The SMILES string of the molecule is CCN(CC)c1ccc(NC(=O)/C=C/c2cccc(Br)c2)cc1. The van der Waals surface area contributed by atoms with Gasteiger partial charge in [0.1, 0.15) is 0 Å². The van der Waals surface area contributed by atoms with Crippen LogP contribution in [0.2, 0.25) is 0 Å². The van der Waals surface area contributed by atoms with Crippen molar-refractivity contribution in [2.75, 3.05) is 23.3 Å². The molecule has 0 atom stereocenters. The summed E-state index contributed by atoms with van der Waals surface area (Å²) in [7, 11) is 0. The van der Waals surface area contributed by atoms with E-state index in [0.29, 0.717) is 0 Å². The van der Waals surface area contributed by atoms with E-state index in [0.717, 1.165) is 34.5 Å². The van der Waals surface area contributed by atoms with Gasteiger partial charge in [-0.05, 0) is 61.9 Å². The molecule has 4 heteroatoms. The van der Waals surface area contributed by atoms with Crippen molar-refractivity contribution in [3.05, 3.63) is 64.6 Å². The quantitative estimate of drug-likeness (QED) is 0.727. The molecule has 0 heterocycles. The molecule has 1 amide bonds. The molecule has 23 heavy (non-hydrogen) atoms. The van der Waals surface area contributed by atoms with Gasteiger partial charge in [-0.15, -0.1) is 0 Å². The zero-order valence-electron chi connectivity index (χ0n) is 13.4. The summed E-state index contributed by atoms with van der Waals surface area (Å²) in [4.78, 5) is 14.2. The van der Waals surface area contributed by atoms with E-state index in [1.807, 2.05) is 48.5 Å². The van der Waals surface area contributed by atoms with Crippen LogP contribution in [-0.2, 0) is 4.79 Å². The second-order valence-electron chi connectivity index (χ2n) is 5.10. The molecule has 2 aromatic carbocycles. The fraction of sp³-hybridized carbons (Fsp3) is 0.211. The molecule has 2 rings (SSSR count). The van der Waals surface area contributed by atoms with Gasteiger partial charge in [-0.3, -0.25) is 4.79 Å². The number of halogens is 1. The van der Waals surface area contributed by atoms with Crippen LogP contribution in [0.1, 0.15) is 19.4 Å². The second-order valence-corrected chi connectivity index (χ2v) is 6.01. The first-order valence-electron chi connectivity index (χ1n) is 7.72. The molecule has 3 nitrogen and oxygen atoms in total. The lowest BCUT2D eigenvalue weighted by Gasteiger charge is -2.21. The number of benzene rings is 2. The molecule has 0 saturated heterocycles. The third-order valence-electron chi connectivity index (χ3n) is 3.54. The van der Waals surface area contributed by atoms with Gasteiger partial charge in [-0.2, -0.15) is 0 Å². The van der Waals surface area contributed by atoms with Crippen LogP contribution < -0.4 is 10.2 Å². The molecule has 0 bridgehead atoms. The predicted octanol–water partition coefficient (Wildman–Crippen LogP) is 4.95. The van der Waals surface area contributed by atoms with Crippen LogP contribution in [0.15, 0.2) is 59.1 Å². The van der Waals surface area contributed by atoms with Crippen molar-refractivity contribution in [3.63, 3.8) is 0 Å². The third kappa shape index (κ3) is 5.25. The van der Waals surface area contributed by atoms with Crippen LogP contribution in [-0.4, -0.2) is 19.0 Å². The van der Waals surface area contributed by atoms with Crippen molar-refractivity contribution in [1.29, 1.82) is 0 Å². The lowest BCUT2D eigenvalue weighted by molar-refractivity contribution is -0.111. The van der Waals surface area contributed by atoms with Gasteiger partial charge >= 0.3 is 0 Å². The molecule has 0 aromatic heterocycles. The Bertz CT molecular complexity index is 676. The number of rotatable bonds is 6. The minimum absolute atomic E-state index is 0.138. The predicted molar refractivity (Wildman–Crippen MR) is 102 cm³/mol. The highest BCUT2D eigenvalue weighted by Gasteiger charge is 2.02. The zero-order chi connectivity index (χ0) is 16.7. The first kappa shape index (κ1) is 17.3. The van der Waals surface area contributed by atoms with Crippen molar-refractivity contribution < 1.29 is 4.79 Å². The molecule has 2 aromatic rings. The minimum Gasteiger partial charge on any atom is -0.372 e. The lowest BCUT2D eigenvalue weighted by atomic mass is 10.2. The van der Waals surface area contributed by atoms with E-state index in [1.165, 1.54) is 0 Å². The number of carbonyl (C=O) groups is 1. The van der Waals surface area contributed by atoms with Gasteiger partial charge in [-0.25, -0.2) is 0 Å². The van der Waals surface area contributed by atoms with Gasteiger partial charge < -0.3 is 10.2 Å². The Morgan fingerprint density at radius 2 is 1.83 bits per heavy atom. The van der Waals surface area contributed by atoms with E-state index in [-0.39, 0.29) is 5.91 Å². The molecular formula is C19H21BrN2O. The highest BCUT2D eigenvalue weighted by atomic mass is 79.9. The Morgan fingerprint density at radius 1 is 1.13 bits per heavy atom. The number of carbonyl (C=O) groups excluding carboxylic acids is 1. The van der Waals surface area contributed by atoms with Crippen LogP contribution in [0, 0.1) is 0 Å². The van der Waals surface area contributed by atoms with E-state index in [9.17, 15) is 4.79 Å². The average molecular weight is 373 g/mol. The normalized spacial score (nSPS) is 10.7. The molecule has 120 valence electrons. The van der Waals surface area contributed by atoms with E-state index >= 15 is 0 Å². The first-order valence-corrected chi connectivity index (χ1v) is 8.51. The molecule has 0 aliphatic carbocycles. The molecule has 0 saturated carbocycles. The van der Waals surface area contributed by atoms with Crippen LogP contribution >= 0.6 is 15.9 Å². The Balaban J connectivity index is 1.97. The monoisotopic (exact) mass is 372 g/mol. The van der Waals surface area contributed by atoms with Gasteiger partial charge in [0, 0.05) is 35.0 Å². The van der Waals surface area contributed by atoms with Crippen LogP contribution in [0.25, 0.3) is 6.08 Å². The zero-order valence-corrected chi connectivity index (χ0v) is 15.0. The standard InChI is InChI=1S/C19H21BrN2O/c1-3-22(4-2)18-11-9-17(10-12-18)21-19(23)13-8-15-6-5-7-16(20)14-15/h5-14H,3-4H2,1-2H3,(H,21,23)/b13-8+. The third-order valence-corrected chi connectivity index (χ3v) is 4.03. The average Bonchev–Trinajstić information content (AvgIpc) is 2.56. The summed E-state index contributed by atoms with van der Waals surface area (Å²) in [6.07, 6.45) is 3.34. The smallest absolute Gasteiger partial charge is 0.248 e. The number of anilines is 2. The minimum atomic E-state index is -0.138. The number of amides is 1. The van der Waals surface area contributed by atoms with Gasteiger partial charge in [0.15, 0.2) is 0 Å². The van der Waals surface area contributed by atoms with Crippen molar-refractivity contribution >= 4 is 39.3 Å². The molecule has 0 spiro atoms. The van der Waals surface area contributed by atoms with Gasteiger partial charge in [0.2, 0.25) is 5.91 Å². The number of hydrogen-bond acceptors (Lipinski definition) is 2. The first-order chi connectivity index (χ1) is 11.1. The van der Waals surface area contributed by atoms with Gasteiger partial charge in [-0.1, -0.05) is 28.1 Å². The Labute approximate surface area is 146 Å². The van der Waals surface area contributed by atoms with E-state index in [4.69, 9.17) is 0 Å². The Morgan fingerprint density at radius 3 is 2.43 bits per heavy atom. The summed E-state index contributed by atoms with van der Waals surface area (Å²) in [5.74, 6) is -0.138. The van der Waals surface area contributed by atoms with Crippen molar-refractivity contribution in [3.8, 4) is 0 Å². The largest absolute Gasteiger partial charge is 0.372 e. The van der Waals surface area contributed by atoms with Crippen molar-refractivity contribution in [2.24, 2.45) is 0 Å². The molecule has 0 unspecified atom stereocenters. The number of hydrogen-bond donors (Lipinski definition) is 1. The second kappa shape index (κ2) is 8.53. The number of nitrogens with one attached hydrogen (secondary N) is 1. The van der Waals surface area contributed by atoms with Crippen LogP contribution in [0.5, 0.6) is 0 Å². The highest BCUT2D eigenvalue weighted by molar-refractivity contribution is 9.10. The fourth-order valence-electron chi connectivity index (χ4n) is 2.31. The number of nitrogens with zero attached hydrogens (tertiary/aromatic N) is 1. The van der Waals surface area contributed by atoms with Crippen LogP contribution in [0.3, 0.4) is 0 Å². The summed E-state index contributed by atoms with van der Waals surface area (Å²) < 4.78 is 0.993. The lowest BCUT2D eigenvalue weighted by Crippen LogP contribution is -2.21. The maximum atomic E-state index is 12.0. The molecule has 0 aliphatic heterocycles. The maximum Gasteiger partial charge on any atom is 0.248 e. The van der Waals surface area contributed by atoms with E-state index < -0.39 is 0 Å². The topological polar surface area (TPSA) is 32.3 Å². The van der Waals surface area contributed by atoms with Gasteiger partial charge in [0.05, 0.1) is 0 Å². The molecule has 0 fully saturated rings. The Hall–Kier alpha value is -2.07. The molecular weight excluding hydrogens is 352 g/mol. The van der Waals surface area contributed by atoms with Crippen LogP contribution in [0.4, 0.5) is 11.4 Å². The molecule has 1 N–H and O–H groups in total. The Kier molecular flexibility index (Phi) is 6.41. The summed E-state index contributed by atoms with van der Waals surface area (Å²) in [6, 6.07) is 15.7. The summed E-state index contributed by atoms with van der Waals surface area (Å²) in [6.45, 7) is 6.20. The summed E-state index contributed by atoms with van der Waals surface area (Å²) >= 11 is 3.41. The van der Waals surface area contributed by atoms with Crippen molar-refractivity contribution in [2.45, 2.75) is 13.8 Å². The van der Waals surface area contributed by atoms with Gasteiger partial charge in [0.25, 0.3) is 0 Å². The van der Waals surface area contributed by atoms with Crippen molar-refractivity contribution in [1.82, 2.24) is 0 Å². The highest BCUT2D eigenvalue weighted by Crippen LogP contribution is 2.18. The van der Waals surface area contributed by atoms with E-state index in [1.54, 1.807) is 12.2 Å². The molecule has 0 radical (unpaired) electrons. The van der Waals surface area contributed by atoms with E-state index in [2.05, 4.69) is 40.0 Å².